The summed E-state index contributed by atoms with van der Waals surface area (Å²) in [6.07, 6.45) is -0.601. The number of primary amides is 1. The van der Waals surface area contributed by atoms with Crippen LogP contribution >= 0.6 is 0 Å². The van der Waals surface area contributed by atoms with Crippen LogP contribution in [0.3, 0.4) is 0 Å². The molecule has 0 aliphatic heterocycles. The van der Waals surface area contributed by atoms with Gasteiger partial charge in [0, 0.05) is 6.26 Å². The maximum atomic E-state index is 10.8. The van der Waals surface area contributed by atoms with Crippen LogP contribution in [0, 0.1) is 0 Å². The van der Waals surface area contributed by atoms with Gasteiger partial charge in [0.2, 0.25) is 11.8 Å². The Morgan fingerprint density at radius 3 is 2.36 bits per heavy atom. The fourth-order valence-electron chi connectivity index (χ4n) is 0.600. The molecular formula is C6H12N2O5S. The first kappa shape index (κ1) is 12.8. The molecule has 4 N–H and O–H groups in total. The highest BCUT2D eigenvalue weighted by molar-refractivity contribution is 7.91. The van der Waals surface area contributed by atoms with Crippen molar-refractivity contribution < 1.29 is 23.1 Å². The highest BCUT2D eigenvalue weighted by Gasteiger charge is 2.14. The molecule has 0 bridgehead atoms. The summed E-state index contributed by atoms with van der Waals surface area (Å²) >= 11 is 0. The van der Waals surface area contributed by atoms with Crippen molar-refractivity contribution in [2.45, 2.75) is 6.10 Å². The van der Waals surface area contributed by atoms with Crippen molar-refractivity contribution in [1.29, 1.82) is 0 Å². The zero-order valence-corrected chi connectivity index (χ0v) is 8.37. The minimum atomic E-state index is -3.40. The van der Waals surface area contributed by atoms with Gasteiger partial charge in [0.15, 0.2) is 9.84 Å². The summed E-state index contributed by atoms with van der Waals surface area (Å²) < 4.78 is 21.2. The molecule has 0 aliphatic rings. The first-order valence-corrected chi connectivity index (χ1v) is 5.70. The molecule has 0 saturated heterocycles. The minimum Gasteiger partial charge on any atom is -0.381 e. The van der Waals surface area contributed by atoms with Crippen LogP contribution < -0.4 is 11.1 Å². The Morgan fingerprint density at radius 2 is 2.00 bits per heavy atom. The van der Waals surface area contributed by atoms with Gasteiger partial charge in [0.25, 0.3) is 0 Å². The first-order valence-electron chi connectivity index (χ1n) is 3.64. The Labute approximate surface area is 81.2 Å². The van der Waals surface area contributed by atoms with Gasteiger partial charge < -0.3 is 16.2 Å². The van der Waals surface area contributed by atoms with E-state index in [1.165, 1.54) is 0 Å². The van der Waals surface area contributed by atoms with Crippen molar-refractivity contribution in [3.05, 3.63) is 0 Å². The lowest BCUT2D eigenvalue weighted by Gasteiger charge is -2.07. The van der Waals surface area contributed by atoms with Crippen LogP contribution in [0.4, 0.5) is 0 Å². The number of nitrogens with two attached hydrogens (primary N) is 1. The van der Waals surface area contributed by atoms with Crippen LogP contribution in [-0.4, -0.2) is 50.0 Å². The average Bonchev–Trinajstić information content (AvgIpc) is 1.96. The van der Waals surface area contributed by atoms with Crippen LogP contribution in [0.5, 0.6) is 0 Å². The molecule has 7 nitrogen and oxygen atoms in total. The van der Waals surface area contributed by atoms with Gasteiger partial charge in [-0.3, -0.25) is 9.59 Å². The smallest absolute Gasteiger partial charge is 0.248 e. The van der Waals surface area contributed by atoms with E-state index in [0.29, 0.717) is 0 Å². The second-order valence-electron chi connectivity index (χ2n) is 2.79. The van der Waals surface area contributed by atoms with E-state index in [1.54, 1.807) is 0 Å². The summed E-state index contributed by atoms with van der Waals surface area (Å²) in [5.74, 6) is -2.45. The maximum Gasteiger partial charge on any atom is 0.248 e. The molecule has 0 fully saturated rings. The number of aliphatic hydroxyl groups excluding tert-OH is 1. The number of aliphatic hydroxyl groups is 1. The third-order valence-corrected chi connectivity index (χ3v) is 2.00. The Morgan fingerprint density at radius 1 is 1.50 bits per heavy atom. The number of carbonyl (C=O) groups excluding carboxylic acids is 2. The molecular weight excluding hydrogens is 212 g/mol. The summed E-state index contributed by atoms with van der Waals surface area (Å²) in [5.41, 5.74) is 4.69. The molecule has 2 amide bonds. The molecule has 0 aromatic heterocycles. The predicted molar refractivity (Wildman–Crippen MR) is 47.9 cm³/mol. The van der Waals surface area contributed by atoms with Gasteiger partial charge in [-0.05, 0) is 0 Å². The number of hydrogen-bond donors (Lipinski definition) is 3. The SMILES string of the molecule is CS(=O)(=O)CC(=O)NCC(O)C(N)=O. The molecule has 0 radical (unpaired) electrons. The molecule has 0 saturated carbocycles. The number of carbonyl (C=O) groups is 2. The fraction of sp³-hybridized carbons (Fsp3) is 0.667. The number of hydrogen-bond acceptors (Lipinski definition) is 5. The third kappa shape index (κ3) is 6.38. The molecule has 1 atom stereocenters. The normalized spacial score (nSPS) is 13.3. The summed E-state index contributed by atoms with van der Waals surface area (Å²) in [7, 11) is -3.40. The van der Waals surface area contributed by atoms with E-state index < -0.39 is 33.5 Å². The topological polar surface area (TPSA) is 127 Å². The molecule has 8 heteroatoms. The van der Waals surface area contributed by atoms with Gasteiger partial charge in [-0.2, -0.15) is 0 Å². The highest BCUT2D eigenvalue weighted by Crippen LogP contribution is 1.83. The highest BCUT2D eigenvalue weighted by atomic mass is 32.2. The van der Waals surface area contributed by atoms with Crippen molar-refractivity contribution in [2.75, 3.05) is 18.6 Å². The standard InChI is InChI=1S/C6H12N2O5S/c1-14(12,13)3-5(10)8-2-4(9)6(7)11/h4,9H,2-3H2,1H3,(H2,7,11)(H,8,10). The van der Waals surface area contributed by atoms with Crippen molar-refractivity contribution in [3.8, 4) is 0 Å². The van der Waals surface area contributed by atoms with Crippen molar-refractivity contribution in [1.82, 2.24) is 5.32 Å². The summed E-state index contributed by atoms with van der Waals surface area (Å²) in [5, 5.41) is 10.9. The third-order valence-electron chi connectivity index (χ3n) is 1.21. The summed E-state index contributed by atoms with van der Waals surface area (Å²) in [4.78, 5) is 21.1. The number of rotatable bonds is 5. The average molecular weight is 224 g/mol. The van der Waals surface area contributed by atoms with Crippen LogP contribution in [0.2, 0.25) is 0 Å². The van der Waals surface area contributed by atoms with Crippen LogP contribution in [-0.2, 0) is 19.4 Å². The molecule has 0 spiro atoms. The zero-order chi connectivity index (χ0) is 11.4. The molecule has 0 aromatic carbocycles. The Kier molecular flexibility index (Phi) is 4.51. The van der Waals surface area contributed by atoms with Crippen LogP contribution in [0.1, 0.15) is 0 Å². The zero-order valence-electron chi connectivity index (χ0n) is 7.56. The number of nitrogens with one attached hydrogen (secondary N) is 1. The van der Waals surface area contributed by atoms with E-state index in [-0.39, 0.29) is 6.54 Å². The molecule has 82 valence electrons. The molecule has 14 heavy (non-hydrogen) atoms. The largest absolute Gasteiger partial charge is 0.381 e. The van der Waals surface area contributed by atoms with Gasteiger partial charge in [-0.15, -0.1) is 0 Å². The molecule has 0 aliphatic carbocycles. The molecule has 1 unspecified atom stereocenters. The lowest BCUT2D eigenvalue weighted by molar-refractivity contribution is -0.126. The number of sulfone groups is 1. The fourth-order valence-corrected chi connectivity index (χ4v) is 1.18. The van der Waals surface area contributed by atoms with Crippen molar-refractivity contribution >= 4 is 21.7 Å². The predicted octanol–water partition coefficient (Wildman–Crippen LogP) is -3.01. The molecule has 0 aromatic rings. The van der Waals surface area contributed by atoms with E-state index in [4.69, 9.17) is 10.8 Å². The van der Waals surface area contributed by atoms with Gasteiger partial charge in [0.05, 0.1) is 6.54 Å². The van der Waals surface area contributed by atoms with E-state index >= 15 is 0 Å². The minimum absolute atomic E-state index is 0.385. The number of amides is 2. The van der Waals surface area contributed by atoms with Gasteiger partial charge in [-0.1, -0.05) is 0 Å². The Bertz CT molecular complexity index is 323. The molecule has 0 heterocycles. The van der Waals surface area contributed by atoms with E-state index in [1.807, 2.05) is 0 Å². The van der Waals surface area contributed by atoms with Gasteiger partial charge >= 0.3 is 0 Å². The van der Waals surface area contributed by atoms with Crippen LogP contribution in [0.15, 0.2) is 0 Å². The molecule has 0 rings (SSSR count). The monoisotopic (exact) mass is 224 g/mol. The lowest BCUT2D eigenvalue weighted by atomic mass is 10.3. The van der Waals surface area contributed by atoms with Gasteiger partial charge in [0.1, 0.15) is 11.9 Å². The lowest BCUT2D eigenvalue weighted by Crippen LogP contribution is -2.41. The van der Waals surface area contributed by atoms with E-state index in [9.17, 15) is 18.0 Å². The Hall–Kier alpha value is -1.15. The van der Waals surface area contributed by atoms with Crippen molar-refractivity contribution in [3.63, 3.8) is 0 Å². The van der Waals surface area contributed by atoms with Crippen LogP contribution in [0.25, 0.3) is 0 Å². The second-order valence-corrected chi connectivity index (χ2v) is 4.93. The second kappa shape index (κ2) is 4.91. The maximum absolute atomic E-state index is 10.8. The Balaban J connectivity index is 3.93. The van der Waals surface area contributed by atoms with Gasteiger partial charge in [-0.25, -0.2) is 8.42 Å². The van der Waals surface area contributed by atoms with Crippen molar-refractivity contribution in [2.24, 2.45) is 5.73 Å². The quantitative estimate of drug-likeness (QED) is 0.458. The summed E-state index contributed by atoms with van der Waals surface area (Å²) in [6, 6.07) is 0. The summed E-state index contributed by atoms with van der Waals surface area (Å²) in [6.45, 7) is -0.385. The first-order chi connectivity index (χ1) is 6.22. The van der Waals surface area contributed by atoms with E-state index in [2.05, 4.69) is 5.32 Å². The van der Waals surface area contributed by atoms with E-state index in [0.717, 1.165) is 6.26 Å².